The number of aromatic nitrogens is 1. The number of likely N-dealkylation sites (N-methyl/N-ethyl adjacent to an activating group) is 2. The van der Waals surface area contributed by atoms with E-state index in [0.717, 1.165) is 35.7 Å². The van der Waals surface area contributed by atoms with Gasteiger partial charge in [0, 0.05) is 45.9 Å². The number of likely N-dealkylation sites (tertiary alicyclic amines) is 1. The highest BCUT2D eigenvalue weighted by molar-refractivity contribution is 5.90. The molecule has 0 radical (unpaired) electrons. The second kappa shape index (κ2) is 20.9. The molecule has 1 aliphatic heterocycles. The van der Waals surface area contributed by atoms with Gasteiger partial charge in [-0.3, -0.25) is 29.1 Å². The number of hydrogen-bond acceptors (Lipinski definition) is 8. The van der Waals surface area contributed by atoms with E-state index in [0.29, 0.717) is 19.5 Å². The monoisotopic (exact) mass is 753 g/mol. The second-order valence-electron chi connectivity index (χ2n) is 16.0. The van der Waals surface area contributed by atoms with Crippen molar-refractivity contribution in [2.24, 2.45) is 23.7 Å². The Kier molecular flexibility index (Phi) is 17.3. The van der Waals surface area contributed by atoms with Crippen molar-refractivity contribution in [1.29, 1.82) is 0 Å². The number of amides is 4. The molecule has 0 spiro atoms. The van der Waals surface area contributed by atoms with Crippen LogP contribution in [0.3, 0.4) is 0 Å². The van der Waals surface area contributed by atoms with E-state index in [2.05, 4.69) is 35.5 Å². The molecule has 1 aliphatic rings. The van der Waals surface area contributed by atoms with E-state index < -0.39 is 30.2 Å². The fourth-order valence-corrected chi connectivity index (χ4v) is 8.16. The van der Waals surface area contributed by atoms with Crippen molar-refractivity contribution in [2.75, 3.05) is 48.5 Å². The third kappa shape index (κ3) is 11.2. The minimum atomic E-state index is -0.745. The Balaban J connectivity index is 1.71. The van der Waals surface area contributed by atoms with Gasteiger partial charge in [-0.25, -0.2) is 0 Å². The summed E-state index contributed by atoms with van der Waals surface area (Å²) in [6.07, 6.45) is 3.73. The van der Waals surface area contributed by atoms with Gasteiger partial charge >= 0.3 is 0 Å². The highest BCUT2D eigenvalue weighted by Gasteiger charge is 2.43. The van der Waals surface area contributed by atoms with Gasteiger partial charge in [0.2, 0.25) is 23.6 Å². The maximum Gasteiger partial charge on any atom is 0.245 e. The van der Waals surface area contributed by atoms with Gasteiger partial charge in [0.15, 0.2) is 0 Å². The van der Waals surface area contributed by atoms with Crippen molar-refractivity contribution >= 4 is 34.5 Å². The molecule has 8 atom stereocenters. The standard InChI is InChI=1S/C42H68N6O6/c1-13-28(6)38(47(10)42(52)36(26(2)3)45-41(51)37(27(4)5)46(8)9)34(53-11)24-35(49)48-22-16-19-33(48)39(54-12)29(7)40(50)43-21-20-30-23-31-17-14-15-18-32(31)44-25-30/h14-15,17-18,23,25-29,33-34,36-39H,13,16,19-22,24H2,1-12H3,(H,43,50)(H,45,51)/t28-,29+,33-,34+,36-,37-,38-,39+/m0/s1. The van der Waals surface area contributed by atoms with Crippen LogP contribution in [-0.2, 0) is 35.1 Å². The van der Waals surface area contributed by atoms with Crippen molar-refractivity contribution in [3.8, 4) is 0 Å². The average Bonchev–Trinajstić information content (AvgIpc) is 3.62. The summed E-state index contributed by atoms with van der Waals surface area (Å²) in [5.74, 6) is -1.23. The molecule has 2 N–H and O–H groups in total. The smallest absolute Gasteiger partial charge is 0.245 e. The molecule has 54 heavy (non-hydrogen) atoms. The van der Waals surface area contributed by atoms with Crippen LogP contribution < -0.4 is 10.6 Å². The molecule has 12 nitrogen and oxygen atoms in total. The zero-order valence-corrected chi connectivity index (χ0v) is 34.9. The summed E-state index contributed by atoms with van der Waals surface area (Å²) in [5, 5.41) is 7.18. The van der Waals surface area contributed by atoms with Crippen LogP contribution in [0.1, 0.15) is 79.7 Å². The van der Waals surface area contributed by atoms with Gasteiger partial charge in [0.1, 0.15) is 6.04 Å². The van der Waals surface area contributed by atoms with Gasteiger partial charge < -0.3 is 29.9 Å². The summed E-state index contributed by atoms with van der Waals surface area (Å²) in [7, 11) is 8.66. The third-order valence-electron chi connectivity index (χ3n) is 11.3. The first kappa shape index (κ1) is 44.8. The van der Waals surface area contributed by atoms with E-state index in [1.165, 1.54) is 0 Å². The molecular formula is C42H68N6O6. The van der Waals surface area contributed by atoms with Gasteiger partial charge in [-0.05, 0) is 68.8 Å². The lowest BCUT2D eigenvalue weighted by atomic mass is 9.89. The van der Waals surface area contributed by atoms with Gasteiger partial charge in [0.25, 0.3) is 0 Å². The number of fused-ring (bicyclic) bond motifs is 1. The lowest BCUT2D eigenvalue weighted by Crippen LogP contribution is -2.59. The molecule has 0 aliphatic carbocycles. The number of carbonyl (C=O) groups is 4. The van der Waals surface area contributed by atoms with E-state index in [4.69, 9.17) is 9.47 Å². The molecule has 0 saturated carbocycles. The number of methoxy groups -OCH3 is 2. The van der Waals surface area contributed by atoms with Crippen molar-refractivity contribution in [3.05, 3.63) is 42.1 Å². The van der Waals surface area contributed by atoms with Crippen LogP contribution in [0.15, 0.2) is 36.5 Å². The average molecular weight is 753 g/mol. The highest BCUT2D eigenvalue weighted by atomic mass is 16.5. The fraction of sp³-hybridized carbons (Fsp3) is 0.690. The summed E-state index contributed by atoms with van der Waals surface area (Å²) < 4.78 is 12.0. The number of hydrogen-bond donors (Lipinski definition) is 2. The van der Waals surface area contributed by atoms with Crippen LogP contribution in [0.25, 0.3) is 10.9 Å². The fourth-order valence-electron chi connectivity index (χ4n) is 8.16. The van der Waals surface area contributed by atoms with Gasteiger partial charge in [-0.2, -0.15) is 0 Å². The molecule has 0 unspecified atom stereocenters. The first-order valence-electron chi connectivity index (χ1n) is 19.8. The van der Waals surface area contributed by atoms with Gasteiger partial charge in [-0.15, -0.1) is 0 Å². The second-order valence-corrected chi connectivity index (χ2v) is 16.0. The minimum Gasteiger partial charge on any atom is -0.379 e. The molecule has 2 heterocycles. The Morgan fingerprint density at radius 1 is 0.963 bits per heavy atom. The van der Waals surface area contributed by atoms with E-state index >= 15 is 0 Å². The lowest BCUT2D eigenvalue weighted by Gasteiger charge is -2.41. The quantitative estimate of drug-likeness (QED) is 0.202. The predicted octanol–water partition coefficient (Wildman–Crippen LogP) is 4.54. The zero-order valence-electron chi connectivity index (χ0n) is 34.9. The largest absolute Gasteiger partial charge is 0.379 e. The van der Waals surface area contributed by atoms with Crippen LogP contribution in [0.5, 0.6) is 0 Å². The Morgan fingerprint density at radius 2 is 1.65 bits per heavy atom. The summed E-state index contributed by atoms with van der Waals surface area (Å²) in [6.45, 7) is 14.8. The van der Waals surface area contributed by atoms with Crippen molar-refractivity contribution in [2.45, 2.75) is 117 Å². The normalized spacial score (nSPS) is 18.6. The molecule has 1 fully saturated rings. The topological polar surface area (TPSA) is 133 Å². The van der Waals surface area contributed by atoms with Crippen LogP contribution >= 0.6 is 0 Å². The summed E-state index contributed by atoms with van der Waals surface area (Å²) >= 11 is 0. The first-order valence-corrected chi connectivity index (χ1v) is 19.8. The third-order valence-corrected chi connectivity index (χ3v) is 11.3. The van der Waals surface area contributed by atoms with Crippen LogP contribution in [0, 0.1) is 23.7 Å². The number of nitrogens with one attached hydrogen (secondary N) is 2. The molecule has 2 aromatic rings. The summed E-state index contributed by atoms with van der Waals surface area (Å²) in [6, 6.07) is 8.22. The number of pyridine rings is 1. The van der Waals surface area contributed by atoms with E-state index in [1.54, 1.807) is 26.2 Å². The van der Waals surface area contributed by atoms with Crippen molar-refractivity contribution < 1.29 is 28.7 Å². The van der Waals surface area contributed by atoms with E-state index in [1.807, 2.05) is 89.0 Å². The molecular weight excluding hydrogens is 684 g/mol. The Labute approximate surface area is 324 Å². The van der Waals surface area contributed by atoms with Gasteiger partial charge in [-0.1, -0.05) is 73.1 Å². The van der Waals surface area contributed by atoms with Crippen molar-refractivity contribution in [3.63, 3.8) is 0 Å². The number of benzene rings is 1. The molecule has 1 aromatic carbocycles. The number of ether oxygens (including phenoxy) is 2. The number of carbonyl (C=O) groups excluding carboxylic acids is 4. The lowest BCUT2D eigenvalue weighted by molar-refractivity contribution is -0.148. The highest BCUT2D eigenvalue weighted by Crippen LogP contribution is 2.30. The minimum absolute atomic E-state index is 0.000562. The Bertz CT molecular complexity index is 1530. The molecule has 0 bridgehead atoms. The van der Waals surface area contributed by atoms with Crippen molar-refractivity contribution in [1.82, 2.24) is 30.3 Å². The maximum atomic E-state index is 14.2. The number of nitrogens with zero attached hydrogens (tertiary/aromatic N) is 4. The first-order chi connectivity index (χ1) is 25.6. The molecule has 1 aromatic heterocycles. The van der Waals surface area contributed by atoms with Gasteiger partial charge in [0.05, 0.1) is 48.2 Å². The molecule has 1 saturated heterocycles. The molecule has 3 rings (SSSR count). The predicted molar refractivity (Wildman–Crippen MR) is 214 cm³/mol. The zero-order chi connectivity index (χ0) is 40.3. The number of para-hydroxylation sites is 1. The van der Waals surface area contributed by atoms with Crippen LogP contribution in [0.2, 0.25) is 0 Å². The SMILES string of the molecule is CC[C@H](C)[C@@H]([C@@H](CC(=O)N1CCC[C@H]1[C@H](OC)[C@@H](C)C(=O)NCCc1cnc2ccccc2c1)OC)N(C)C(=O)[C@@H](NC(=O)[C@H](C(C)C)N(C)C)C(C)C. The molecule has 302 valence electrons. The maximum absolute atomic E-state index is 14.2. The number of rotatable bonds is 20. The Hall–Kier alpha value is -3.61. The van der Waals surface area contributed by atoms with E-state index in [9.17, 15) is 19.2 Å². The molecule has 4 amide bonds. The summed E-state index contributed by atoms with van der Waals surface area (Å²) in [4.78, 5) is 65.2. The van der Waals surface area contributed by atoms with Crippen LogP contribution in [-0.4, -0.2) is 128 Å². The Morgan fingerprint density at radius 3 is 2.24 bits per heavy atom. The van der Waals surface area contributed by atoms with E-state index in [-0.39, 0.29) is 59.9 Å². The molecule has 12 heteroatoms. The van der Waals surface area contributed by atoms with Crippen LogP contribution in [0.4, 0.5) is 0 Å². The summed E-state index contributed by atoms with van der Waals surface area (Å²) in [5.41, 5.74) is 1.98.